The molecule has 0 fully saturated rings. The lowest BCUT2D eigenvalue weighted by molar-refractivity contribution is 0.0845. The van der Waals surface area contributed by atoms with Crippen LogP contribution in [0.3, 0.4) is 0 Å². The van der Waals surface area contributed by atoms with Crippen LogP contribution in [0.15, 0.2) is 38.3 Å². The van der Waals surface area contributed by atoms with Gasteiger partial charge >= 0.3 is 0 Å². The molecule has 6 nitrogen and oxygen atoms in total. The van der Waals surface area contributed by atoms with Gasteiger partial charge in [0, 0.05) is 16.9 Å². The Morgan fingerprint density at radius 2 is 2.19 bits per heavy atom. The second-order valence-electron chi connectivity index (χ2n) is 2.97. The van der Waals surface area contributed by atoms with Crippen molar-refractivity contribution in [3.63, 3.8) is 0 Å². The summed E-state index contributed by atoms with van der Waals surface area (Å²) in [4.78, 5) is 26.9. The van der Waals surface area contributed by atoms with E-state index in [0.717, 1.165) is 6.07 Å². The number of nitrogens with zero attached hydrogens (tertiary/aromatic N) is 2. The molecule has 0 unspecified atom stereocenters. The number of anilines is 1. The van der Waals surface area contributed by atoms with Crippen molar-refractivity contribution in [2.24, 2.45) is 0 Å². The van der Waals surface area contributed by atoms with Crippen LogP contribution in [0.5, 0.6) is 0 Å². The fraction of sp³-hybridized carbons (Fsp3) is 0. The van der Waals surface area contributed by atoms with E-state index in [2.05, 4.69) is 20.9 Å². The number of nitrogens with two attached hydrogens (primary N) is 1. The molecule has 2 aromatic rings. The minimum Gasteiger partial charge on any atom is -0.368 e. The molecule has 0 atom stereocenters. The number of hydrogen-bond acceptors (Lipinski definition) is 5. The number of halogens is 1. The first-order valence-corrected chi connectivity index (χ1v) is 5.01. The summed E-state index contributed by atoms with van der Waals surface area (Å²) in [6.45, 7) is 0. The lowest BCUT2D eigenvalue weighted by atomic mass is 10.3. The van der Waals surface area contributed by atoms with Gasteiger partial charge in [0.15, 0.2) is 0 Å². The lowest BCUT2D eigenvalue weighted by Gasteiger charge is -1.98. The molecule has 2 rings (SSSR count). The predicted molar refractivity (Wildman–Crippen MR) is 59.0 cm³/mol. The molecular formula is C9H6BrN3O3. The van der Waals surface area contributed by atoms with Gasteiger partial charge in [-0.3, -0.25) is 14.6 Å². The maximum absolute atomic E-state index is 11.8. The zero-order valence-electron chi connectivity index (χ0n) is 7.88. The molecule has 2 heterocycles. The zero-order valence-corrected chi connectivity index (χ0v) is 9.47. The molecule has 7 heteroatoms. The van der Waals surface area contributed by atoms with Crippen molar-refractivity contribution in [1.29, 1.82) is 0 Å². The number of carbonyl (C=O) groups excluding carboxylic acids is 1. The van der Waals surface area contributed by atoms with Gasteiger partial charge in [-0.05, 0) is 22.0 Å². The van der Waals surface area contributed by atoms with E-state index in [1.165, 1.54) is 18.5 Å². The van der Waals surface area contributed by atoms with E-state index in [4.69, 9.17) is 10.3 Å². The summed E-state index contributed by atoms with van der Waals surface area (Å²) >= 11 is 3.17. The second-order valence-corrected chi connectivity index (χ2v) is 3.88. The first kappa shape index (κ1) is 10.6. The van der Waals surface area contributed by atoms with Gasteiger partial charge in [-0.25, -0.2) is 0 Å². The third-order valence-corrected chi connectivity index (χ3v) is 2.23. The van der Waals surface area contributed by atoms with Crippen LogP contribution in [-0.2, 0) is 0 Å². The minimum absolute atomic E-state index is 0.110. The van der Waals surface area contributed by atoms with Crippen molar-refractivity contribution in [3.05, 3.63) is 44.9 Å². The van der Waals surface area contributed by atoms with E-state index in [9.17, 15) is 9.59 Å². The molecule has 0 saturated carbocycles. The fourth-order valence-electron chi connectivity index (χ4n) is 1.14. The molecule has 0 aromatic carbocycles. The molecular weight excluding hydrogens is 278 g/mol. The van der Waals surface area contributed by atoms with E-state index < -0.39 is 11.5 Å². The number of rotatable bonds is 1. The highest BCUT2D eigenvalue weighted by atomic mass is 79.9. The molecule has 0 radical (unpaired) electrons. The molecule has 2 aromatic heterocycles. The minimum atomic E-state index is -0.615. The monoisotopic (exact) mass is 283 g/mol. The Morgan fingerprint density at radius 3 is 2.75 bits per heavy atom. The summed E-state index contributed by atoms with van der Waals surface area (Å²) in [6.07, 6.45) is 2.86. The summed E-state index contributed by atoms with van der Waals surface area (Å²) in [5.41, 5.74) is 4.88. The number of carbonyl (C=O) groups is 1. The number of nitrogen functional groups attached to an aromatic ring is 1. The first-order chi connectivity index (χ1) is 7.58. The molecule has 0 spiro atoms. The van der Waals surface area contributed by atoms with Gasteiger partial charge in [-0.15, -0.1) is 0 Å². The van der Waals surface area contributed by atoms with E-state index in [-0.39, 0.29) is 11.4 Å². The molecule has 0 aliphatic rings. The highest BCUT2D eigenvalue weighted by Gasteiger charge is 2.15. The fourth-order valence-corrected chi connectivity index (χ4v) is 1.51. The van der Waals surface area contributed by atoms with Gasteiger partial charge in [-0.2, -0.15) is 0 Å². The maximum atomic E-state index is 11.8. The quantitative estimate of drug-likeness (QED) is 0.839. The summed E-state index contributed by atoms with van der Waals surface area (Å²) in [5, 5.41) is 0. The third-order valence-electron chi connectivity index (χ3n) is 1.80. The van der Waals surface area contributed by atoms with E-state index >= 15 is 0 Å². The predicted octanol–water partition coefficient (Wildman–Crippen LogP) is 0.869. The topological polar surface area (TPSA) is 91.1 Å². The second kappa shape index (κ2) is 3.93. The number of pyridine rings is 1. The normalized spacial score (nSPS) is 10.3. The van der Waals surface area contributed by atoms with Crippen molar-refractivity contribution in [2.45, 2.75) is 0 Å². The summed E-state index contributed by atoms with van der Waals surface area (Å²) in [6, 6.07) is 2.56. The Labute approximate surface area is 97.8 Å². The highest BCUT2D eigenvalue weighted by Crippen LogP contribution is 2.10. The van der Waals surface area contributed by atoms with Crippen LogP contribution < -0.4 is 11.3 Å². The van der Waals surface area contributed by atoms with Crippen LogP contribution in [0.4, 0.5) is 5.88 Å². The van der Waals surface area contributed by atoms with E-state index in [1.807, 2.05) is 0 Å². The average Bonchev–Trinajstić information content (AvgIpc) is 2.57. The number of hydrogen-bond donors (Lipinski definition) is 1. The Balaban J connectivity index is 2.47. The smallest absolute Gasteiger partial charge is 0.296 e. The van der Waals surface area contributed by atoms with Gasteiger partial charge in [0.2, 0.25) is 5.88 Å². The molecule has 0 amide bonds. The molecule has 0 aliphatic carbocycles. The van der Waals surface area contributed by atoms with Crippen molar-refractivity contribution in [3.8, 4) is 0 Å². The van der Waals surface area contributed by atoms with Crippen LogP contribution in [-0.4, -0.2) is 15.6 Å². The van der Waals surface area contributed by atoms with Gasteiger partial charge in [0.05, 0.1) is 11.6 Å². The van der Waals surface area contributed by atoms with Crippen LogP contribution >= 0.6 is 15.9 Å². The average molecular weight is 284 g/mol. The first-order valence-electron chi connectivity index (χ1n) is 4.22. The zero-order chi connectivity index (χ0) is 11.7. The van der Waals surface area contributed by atoms with Gasteiger partial charge < -0.3 is 10.3 Å². The van der Waals surface area contributed by atoms with E-state index in [1.54, 1.807) is 0 Å². The third kappa shape index (κ3) is 1.89. The van der Waals surface area contributed by atoms with Gasteiger partial charge in [0.25, 0.3) is 11.5 Å². The van der Waals surface area contributed by atoms with Gasteiger partial charge in [-0.1, -0.05) is 4.74 Å². The molecule has 0 saturated heterocycles. The standard InChI is InChI=1S/C9H6BrN3O3/c10-6-1-5(3-12-4-6)9(15)13-8(14)2-7(11)16-13/h1-4H,11H2. The molecule has 0 aliphatic heterocycles. The molecule has 2 N–H and O–H groups in total. The van der Waals surface area contributed by atoms with Crippen molar-refractivity contribution in [1.82, 2.24) is 9.72 Å². The summed E-state index contributed by atoms with van der Waals surface area (Å²) in [7, 11) is 0. The molecule has 0 bridgehead atoms. The Kier molecular flexibility index (Phi) is 2.61. The van der Waals surface area contributed by atoms with Crippen LogP contribution in [0.25, 0.3) is 0 Å². The van der Waals surface area contributed by atoms with Crippen molar-refractivity contribution in [2.75, 3.05) is 5.73 Å². The van der Waals surface area contributed by atoms with Gasteiger partial charge in [0.1, 0.15) is 0 Å². The maximum Gasteiger partial charge on any atom is 0.296 e. The lowest BCUT2D eigenvalue weighted by Crippen LogP contribution is -2.22. The highest BCUT2D eigenvalue weighted by molar-refractivity contribution is 9.10. The SMILES string of the molecule is Nc1cc(=O)n(C(=O)c2cncc(Br)c2)o1. The van der Waals surface area contributed by atoms with Crippen LogP contribution in [0.1, 0.15) is 10.4 Å². The number of aromatic nitrogens is 2. The van der Waals surface area contributed by atoms with Crippen LogP contribution in [0, 0.1) is 0 Å². The Bertz CT molecular complexity index is 602. The van der Waals surface area contributed by atoms with Crippen molar-refractivity contribution >= 4 is 27.7 Å². The largest absolute Gasteiger partial charge is 0.368 e. The molecule has 16 heavy (non-hydrogen) atoms. The van der Waals surface area contributed by atoms with E-state index in [0.29, 0.717) is 9.21 Å². The Hall–Kier alpha value is -1.89. The summed E-state index contributed by atoms with van der Waals surface area (Å²) in [5.74, 6) is -0.725. The molecule has 82 valence electrons. The summed E-state index contributed by atoms with van der Waals surface area (Å²) < 4.78 is 5.97. The van der Waals surface area contributed by atoms with Crippen LogP contribution in [0.2, 0.25) is 0 Å². The Morgan fingerprint density at radius 1 is 1.44 bits per heavy atom. The van der Waals surface area contributed by atoms with Crippen molar-refractivity contribution < 1.29 is 9.32 Å².